The van der Waals surface area contributed by atoms with Gasteiger partial charge in [-0.25, -0.2) is 0 Å². The summed E-state index contributed by atoms with van der Waals surface area (Å²) in [7, 11) is 0. The van der Waals surface area contributed by atoms with E-state index >= 15 is 0 Å². The molecule has 0 aliphatic heterocycles. The van der Waals surface area contributed by atoms with E-state index in [0.29, 0.717) is 5.92 Å². The molecule has 1 aromatic rings. The van der Waals surface area contributed by atoms with Crippen LogP contribution in [0.1, 0.15) is 37.5 Å². The summed E-state index contributed by atoms with van der Waals surface area (Å²) in [5, 5.41) is 14.1. The Morgan fingerprint density at radius 2 is 2.32 bits per heavy atom. The zero-order valence-corrected chi connectivity index (χ0v) is 11.9. The number of nitrogens with one attached hydrogen (secondary N) is 1. The predicted octanol–water partition coefficient (Wildman–Crippen LogP) is 3.35. The van der Waals surface area contributed by atoms with Gasteiger partial charge in [-0.1, -0.05) is 25.8 Å². The highest BCUT2D eigenvalue weighted by atomic mass is 32.1. The van der Waals surface area contributed by atoms with Crippen LogP contribution in [0.15, 0.2) is 23.1 Å². The standard InChI is InChI=1S/C15H18N2OS/c1-11-5-2-3-7-14(11)17-15(18)12(10-16)9-13-6-4-8-19-13/h4,6,8-9,11,14H,2-3,5,7H2,1H3,(H,17,18). The molecule has 1 amide bonds. The van der Waals surface area contributed by atoms with Gasteiger partial charge >= 0.3 is 0 Å². The zero-order chi connectivity index (χ0) is 13.7. The number of thiophene rings is 1. The van der Waals surface area contributed by atoms with E-state index in [1.165, 1.54) is 17.8 Å². The number of nitrogens with zero attached hydrogens (tertiary/aromatic N) is 1. The maximum absolute atomic E-state index is 12.1. The Kier molecular flexibility index (Phi) is 4.75. The summed E-state index contributed by atoms with van der Waals surface area (Å²) in [5.41, 5.74) is 0.195. The van der Waals surface area contributed by atoms with Gasteiger partial charge in [0.05, 0.1) is 0 Å². The normalized spacial score (nSPS) is 23.7. The third-order valence-electron chi connectivity index (χ3n) is 3.62. The number of nitriles is 1. The Morgan fingerprint density at radius 1 is 1.53 bits per heavy atom. The van der Waals surface area contributed by atoms with Gasteiger partial charge in [0.1, 0.15) is 11.6 Å². The maximum atomic E-state index is 12.1. The molecule has 0 aromatic carbocycles. The lowest BCUT2D eigenvalue weighted by Gasteiger charge is -2.29. The zero-order valence-electron chi connectivity index (χ0n) is 11.1. The van der Waals surface area contributed by atoms with Gasteiger partial charge < -0.3 is 5.32 Å². The molecule has 1 heterocycles. The van der Waals surface area contributed by atoms with Gasteiger partial charge in [-0.2, -0.15) is 5.26 Å². The summed E-state index contributed by atoms with van der Waals surface area (Å²) in [5.74, 6) is 0.258. The van der Waals surface area contributed by atoms with Gasteiger partial charge in [-0.15, -0.1) is 11.3 Å². The number of carbonyl (C=O) groups is 1. The summed E-state index contributed by atoms with van der Waals surface area (Å²) < 4.78 is 0. The lowest BCUT2D eigenvalue weighted by Crippen LogP contribution is -2.41. The van der Waals surface area contributed by atoms with E-state index in [-0.39, 0.29) is 17.5 Å². The highest BCUT2D eigenvalue weighted by Crippen LogP contribution is 2.24. The Labute approximate surface area is 117 Å². The second kappa shape index (κ2) is 6.53. The van der Waals surface area contributed by atoms with Gasteiger partial charge in [0.2, 0.25) is 0 Å². The van der Waals surface area contributed by atoms with Crippen molar-refractivity contribution in [3.8, 4) is 6.07 Å². The molecule has 2 unspecified atom stereocenters. The molecule has 0 saturated heterocycles. The SMILES string of the molecule is CC1CCCCC1NC(=O)C(C#N)=Cc1cccs1. The molecule has 1 aliphatic rings. The largest absolute Gasteiger partial charge is 0.348 e. The fourth-order valence-electron chi connectivity index (χ4n) is 2.44. The molecule has 100 valence electrons. The molecule has 0 spiro atoms. The Morgan fingerprint density at radius 3 is 2.95 bits per heavy atom. The van der Waals surface area contributed by atoms with E-state index in [0.717, 1.165) is 24.1 Å². The van der Waals surface area contributed by atoms with Crippen LogP contribution < -0.4 is 5.32 Å². The summed E-state index contributed by atoms with van der Waals surface area (Å²) in [6, 6.07) is 6.02. The Bertz CT molecular complexity index is 499. The molecule has 4 heteroatoms. The quantitative estimate of drug-likeness (QED) is 0.679. The van der Waals surface area contributed by atoms with Crippen molar-refractivity contribution in [2.24, 2.45) is 5.92 Å². The Balaban J connectivity index is 2.03. The smallest absolute Gasteiger partial charge is 0.262 e. The van der Waals surface area contributed by atoms with Gasteiger partial charge in [0, 0.05) is 10.9 Å². The van der Waals surface area contributed by atoms with Crippen LogP contribution in [0.5, 0.6) is 0 Å². The lowest BCUT2D eigenvalue weighted by molar-refractivity contribution is -0.118. The van der Waals surface area contributed by atoms with E-state index in [4.69, 9.17) is 5.26 Å². The van der Waals surface area contributed by atoms with Crippen molar-refractivity contribution < 1.29 is 4.79 Å². The van der Waals surface area contributed by atoms with Gasteiger partial charge in [-0.3, -0.25) is 4.79 Å². The summed E-state index contributed by atoms with van der Waals surface area (Å²) in [6.07, 6.45) is 6.23. The molecular formula is C15H18N2OS. The summed E-state index contributed by atoms with van der Waals surface area (Å²) in [4.78, 5) is 13.1. The van der Waals surface area contributed by atoms with E-state index in [2.05, 4.69) is 12.2 Å². The first kappa shape index (κ1) is 13.8. The second-order valence-corrected chi connectivity index (χ2v) is 6.01. The minimum Gasteiger partial charge on any atom is -0.348 e. The first-order chi connectivity index (χ1) is 9.20. The fourth-order valence-corrected chi connectivity index (χ4v) is 3.10. The van der Waals surface area contributed by atoms with E-state index in [9.17, 15) is 4.79 Å². The summed E-state index contributed by atoms with van der Waals surface area (Å²) in [6.45, 7) is 2.17. The van der Waals surface area contributed by atoms with Crippen molar-refractivity contribution in [1.82, 2.24) is 5.32 Å². The highest BCUT2D eigenvalue weighted by Gasteiger charge is 2.23. The fraction of sp³-hybridized carbons (Fsp3) is 0.467. The molecule has 19 heavy (non-hydrogen) atoms. The topological polar surface area (TPSA) is 52.9 Å². The molecule has 2 rings (SSSR count). The Hall–Kier alpha value is -1.60. The monoisotopic (exact) mass is 274 g/mol. The van der Waals surface area contributed by atoms with Crippen molar-refractivity contribution >= 4 is 23.3 Å². The molecule has 1 saturated carbocycles. The molecule has 1 fully saturated rings. The number of hydrogen-bond acceptors (Lipinski definition) is 3. The molecule has 1 aliphatic carbocycles. The van der Waals surface area contributed by atoms with Crippen molar-refractivity contribution in [3.05, 3.63) is 28.0 Å². The van der Waals surface area contributed by atoms with Gasteiger partial charge in [-0.05, 0) is 36.3 Å². The average Bonchev–Trinajstić information content (AvgIpc) is 2.91. The average molecular weight is 274 g/mol. The van der Waals surface area contributed by atoms with Crippen LogP contribution in [-0.2, 0) is 4.79 Å². The van der Waals surface area contributed by atoms with Crippen LogP contribution >= 0.6 is 11.3 Å². The molecule has 1 N–H and O–H groups in total. The van der Waals surface area contributed by atoms with Crippen LogP contribution in [0.25, 0.3) is 6.08 Å². The van der Waals surface area contributed by atoms with Gasteiger partial charge in [0.25, 0.3) is 5.91 Å². The van der Waals surface area contributed by atoms with Crippen molar-refractivity contribution in [1.29, 1.82) is 5.26 Å². The van der Waals surface area contributed by atoms with Crippen LogP contribution in [0.2, 0.25) is 0 Å². The van der Waals surface area contributed by atoms with Crippen molar-refractivity contribution in [3.63, 3.8) is 0 Å². The van der Waals surface area contributed by atoms with Crippen LogP contribution in [0.3, 0.4) is 0 Å². The third kappa shape index (κ3) is 3.68. The molecule has 1 aromatic heterocycles. The second-order valence-electron chi connectivity index (χ2n) is 5.03. The number of rotatable bonds is 3. The third-order valence-corrected chi connectivity index (χ3v) is 4.44. The molecule has 3 nitrogen and oxygen atoms in total. The maximum Gasteiger partial charge on any atom is 0.262 e. The molecule has 0 radical (unpaired) electrons. The number of hydrogen-bond donors (Lipinski definition) is 1. The van der Waals surface area contributed by atoms with E-state index in [1.807, 2.05) is 23.6 Å². The van der Waals surface area contributed by atoms with Crippen LogP contribution in [0, 0.1) is 17.2 Å². The lowest BCUT2D eigenvalue weighted by atomic mass is 9.86. The minimum atomic E-state index is -0.241. The van der Waals surface area contributed by atoms with Crippen LogP contribution in [0.4, 0.5) is 0 Å². The van der Waals surface area contributed by atoms with Gasteiger partial charge in [0.15, 0.2) is 0 Å². The number of carbonyl (C=O) groups excluding carboxylic acids is 1. The molecule has 0 bridgehead atoms. The first-order valence-corrected chi connectivity index (χ1v) is 7.55. The van der Waals surface area contributed by atoms with E-state index in [1.54, 1.807) is 6.08 Å². The van der Waals surface area contributed by atoms with E-state index < -0.39 is 0 Å². The predicted molar refractivity (Wildman–Crippen MR) is 77.5 cm³/mol. The molecular weight excluding hydrogens is 256 g/mol. The van der Waals surface area contributed by atoms with Crippen LogP contribution in [-0.4, -0.2) is 11.9 Å². The number of amides is 1. The molecule has 2 atom stereocenters. The van der Waals surface area contributed by atoms with Crippen molar-refractivity contribution in [2.75, 3.05) is 0 Å². The highest BCUT2D eigenvalue weighted by molar-refractivity contribution is 7.10. The van der Waals surface area contributed by atoms with Crippen molar-refractivity contribution in [2.45, 2.75) is 38.6 Å². The summed E-state index contributed by atoms with van der Waals surface area (Å²) >= 11 is 1.52. The minimum absolute atomic E-state index is 0.195. The first-order valence-electron chi connectivity index (χ1n) is 6.67.